The van der Waals surface area contributed by atoms with Crippen LogP contribution < -0.4 is 0 Å². The van der Waals surface area contributed by atoms with Crippen LogP contribution in [0.1, 0.15) is 16.7 Å². The van der Waals surface area contributed by atoms with Crippen LogP contribution in [0.15, 0.2) is 60.9 Å². The zero-order chi connectivity index (χ0) is 18.4. The van der Waals surface area contributed by atoms with Crippen molar-refractivity contribution in [2.24, 2.45) is 0 Å². The van der Waals surface area contributed by atoms with E-state index >= 15 is 0 Å². The van der Waals surface area contributed by atoms with Crippen molar-refractivity contribution in [3.05, 3.63) is 77.6 Å². The standard InChI is InChI=1S/C21H19N3O2/c1-16-11-17(9-10-22)7-8-20(16)19-12-23-24(13-19)14-21(25)26-15-18-5-3-2-4-6-18/h2-8,11-13H,9,14-15H2,1H3. The van der Waals surface area contributed by atoms with Crippen molar-refractivity contribution < 1.29 is 9.53 Å². The molecule has 2 aromatic carbocycles. The highest BCUT2D eigenvalue weighted by atomic mass is 16.5. The number of hydrogen-bond donors (Lipinski definition) is 0. The van der Waals surface area contributed by atoms with E-state index in [1.54, 1.807) is 10.9 Å². The van der Waals surface area contributed by atoms with Gasteiger partial charge in [0, 0.05) is 11.8 Å². The Hall–Kier alpha value is -3.39. The summed E-state index contributed by atoms with van der Waals surface area (Å²) < 4.78 is 6.86. The summed E-state index contributed by atoms with van der Waals surface area (Å²) in [5.41, 5.74) is 4.99. The second kappa shape index (κ2) is 8.13. The van der Waals surface area contributed by atoms with Gasteiger partial charge in [-0.3, -0.25) is 9.48 Å². The maximum atomic E-state index is 12.0. The highest BCUT2D eigenvalue weighted by Crippen LogP contribution is 2.24. The maximum Gasteiger partial charge on any atom is 0.328 e. The van der Waals surface area contributed by atoms with Crippen LogP contribution in [0, 0.1) is 18.3 Å². The van der Waals surface area contributed by atoms with E-state index in [0.717, 1.165) is 27.8 Å². The predicted molar refractivity (Wildman–Crippen MR) is 98.0 cm³/mol. The molecule has 0 spiro atoms. The van der Waals surface area contributed by atoms with Gasteiger partial charge in [-0.15, -0.1) is 0 Å². The van der Waals surface area contributed by atoms with Crippen molar-refractivity contribution in [2.45, 2.75) is 26.5 Å². The molecule has 0 atom stereocenters. The number of benzene rings is 2. The molecule has 1 aromatic heterocycles. The van der Waals surface area contributed by atoms with Crippen molar-refractivity contribution in [2.75, 3.05) is 0 Å². The van der Waals surface area contributed by atoms with E-state index in [2.05, 4.69) is 11.2 Å². The van der Waals surface area contributed by atoms with Crippen LogP contribution in [0.4, 0.5) is 0 Å². The van der Waals surface area contributed by atoms with Crippen molar-refractivity contribution in [3.8, 4) is 17.2 Å². The highest BCUT2D eigenvalue weighted by Gasteiger charge is 2.09. The molecule has 3 rings (SSSR count). The molecule has 0 saturated carbocycles. The zero-order valence-corrected chi connectivity index (χ0v) is 14.6. The molecule has 0 amide bonds. The number of rotatable bonds is 6. The second-order valence-corrected chi connectivity index (χ2v) is 6.06. The molecule has 1 heterocycles. The number of ether oxygens (including phenoxy) is 1. The average Bonchev–Trinajstić information content (AvgIpc) is 3.09. The number of carbonyl (C=O) groups excluding carboxylic acids is 1. The van der Waals surface area contributed by atoms with Crippen LogP contribution in [0.25, 0.3) is 11.1 Å². The summed E-state index contributed by atoms with van der Waals surface area (Å²) in [6.07, 6.45) is 3.96. The van der Waals surface area contributed by atoms with Gasteiger partial charge < -0.3 is 4.74 Å². The lowest BCUT2D eigenvalue weighted by Gasteiger charge is -2.06. The fourth-order valence-electron chi connectivity index (χ4n) is 2.76. The Morgan fingerprint density at radius 1 is 1.19 bits per heavy atom. The molecule has 5 heteroatoms. The van der Waals surface area contributed by atoms with E-state index in [1.807, 2.05) is 61.7 Å². The smallest absolute Gasteiger partial charge is 0.328 e. The Morgan fingerprint density at radius 2 is 2.00 bits per heavy atom. The van der Waals surface area contributed by atoms with Gasteiger partial charge in [0.1, 0.15) is 13.2 Å². The number of aryl methyl sites for hydroxylation is 1. The topological polar surface area (TPSA) is 67.9 Å². The summed E-state index contributed by atoms with van der Waals surface area (Å²) in [7, 11) is 0. The molecule has 5 nitrogen and oxygen atoms in total. The number of aromatic nitrogens is 2. The van der Waals surface area contributed by atoms with Gasteiger partial charge in [-0.25, -0.2) is 0 Å². The molecule has 0 aliphatic heterocycles. The Morgan fingerprint density at radius 3 is 2.73 bits per heavy atom. The minimum atomic E-state index is -0.329. The SMILES string of the molecule is Cc1cc(CC#N)ccc1-c1cnn(CC(=O)OCc2ccccc2)c1. The van der Waals surface area contributed by atoms with E-state index in [4.69, 9.17) is 10.00 Å². The van der Waals surface area contributed by atoms with Crippen molar-refractivity contribution >= 4 is 5.97 Å². The number of esters is 1. The number of carbonyl (C=O) groups is 1. The molecule has 0 saturated heterocycles. The first kappa shape index (κ1) is 17.4. The van der Waals surface area contributed by atoms with Crippen LogP contribution in [0.2, 0.25) is 0 Å². The molecule has 0 aliphatic rings. The largest absolute Gasteiger partial charge is 0.459 e. The molecule has 3 aromatic rings. The molecule has 0 bridgehead atoms. The number of nitrogens with zero attached hydrogens (tertiary/aromatic N) is 3. The van der Waals surface area contributed by atoms with Gasteiger partial charge in [0.25, 0.3) is 0 Å². The van der Waals surface area contributed by atoms with Crippen LogP contribution in [0.3, 0.4) is 0 Å². The fraction of sp³-hybridized carbons (Fsp3) is 0.190. The number of hydrogen-bond acceptors (Lipinski definition) is 4. The summed E-state index contributed by atoms with van der Waals surface area (Å²) in [4.78, 5) is 12.0. The van der Waals surface area contributed by atoms with Crippen LogP contribution in [-0.4, -0.2) is 15.7 Å². The predicted octanol–water partition coefficient (Wildman–Crippen LogP) is 3.67. The lowest BCUT2D eigenvalue weighted by atomic mass is 10.00. The van der Waals surface area contributed by atoms with Crippen LogP contribution >= 0.6 is 0 Å². The minimum Gasteiger partial charge on any atom is -0.459 e. The van der Waals surface area contributed by atoms with Gasteiger partial charge in [-0.1, -0.05) is 48.5 Å². The van der Waals surface area contributed by atoms with E-state index in [9.17, 15) is 4.79 Å². The minimum absolute atomic E-state index is 0.0679. The normalized spacial score (nSPS) is 10.3. The Kier molecular flexibility index (Phi) is 5.45. The summed E-state index contributed by atoms with van der Waals surface area (Å²) in [5, 5.41) is 13.0. The van der Waals surface area contributed by atoms with E-state index in [-0.39, 0.29) is 19.1 Å². The lowest BCUT2D eigenvalue weighted by Crippen LogP contribution is -2.13. The first-order valence-electron chi connectivity index (χ1n) is 8.34. The maximum absolute atomic E-state index is 12.0. The molecule has 0 fully saturated rings. The third-order valence-corrected chi connectivity index (χ3v) is 4.05. The zero-order valence-electron chi connectivity index (χ0n) is 14.6. The summed E-state index contributed by atoms with van der Waals surface area (Å²) in [5.74, 6) is -0.329. The number of nitriles is 1. The Bertz CT molecular complexity index is 939. The lowest BCUT2D eigenvalue weighted by molar-refractivity contribution is -0.145. The monoisotopic (exact) mass is 345 g/mol. The van der Waals surface area contributed by atoms with Gasteiger partial charge >= 0.3 is 5.97 Å². The quantitative estimate of drug-likeness (QED) is 0.639. The summed E-state index contributed by atoms with van der Waals surface area (Å²) in [6, 6.07) is 17.7. The molecule has 0 unspecified atom stereocenters. The molecular weight excluding hydrogens is 326 g/mol. The fourth-order valence-corrected chi connectivity index (χ4v) is 2.76. The van der Waals surface area contributed by atoms with Crippen LogP contribution in [0.5, 0.6) is 0 Å². The van der Waals surface area contributed by atoms with Gasteiger partial charge in [0.15, 0.2) is 0 Å². The van der Waals surface area contributed by atoms with Crippen LogP contribution in [-0.2, 0) is 29.1 Å². The second-order valence-electron chi connectivity index (χ2n) is 6.06. The van der Waals surface area contributed by atoms with E-state index in [0.29, 0.717) is 6.42 Å². The Balaban J connectivity index is 1.63. The molecule has 26 heavy (non-hydrogen) atoms. The highest BCUT2D eigenvalue weighted by molar-refractivity contribution is 5.70. The molecule has 0 aliphatic carbocycles. The van der Waals surface area contributed by atoms with Gasteiger partial charge in [-0.2, -0.15) is 10.4 Å². The van der Waals surface area contributed by atoms with Gasteiger partial charge in [-0.05, 0) is 29.2 Å². The van der Waals surface area contributed by atoms with E-state index in [1.165, 1.54) is 0 Å². The van der Waals surface area contributed by atoms with Crippen molar-refractivity contribution in [3.63, 3.8) is 0 Å². The first-order chi connectivity index (χ1) is 12.7. The van der Waals surface area contributed by atoms with Gasteiger partial charge in [0.05, 0.1) is 18.7 Å². The Labute approximate surface area is 152 Å². The third kappa shape index (κ3) is 4.37. The van der Waals surface area contributed by atoms with Gasteiger partial charge in [0.2, 0.25) is 0 Å². The van der Waals surface area contributed by atoms with Crippen molar-refractivity contribution in [1.29, 1.82) is 5.26 Å². The summed E-state index contributed by atoms with van der Waals surface area (Å²) in [6.45, 7) is 2.33. The van der Waals surface area contributed by atoms with Crippen molar-refractivity contribution in [1.82, 2.24) is 9.78 Å². The summed E-state index contributed by atoms with van der Waals surface area (Å²) >= 11 is 0. The average molecular weight is 345 g/mol. The molecule has 0 radical (unpaired) electrons. The van der Waals surface area contributed by atoms with E-state index < -0.39 is 0 Å². The molecular formula is C21H19N3O2. The first-order valence-corrected chi connectivity index (χ1v) is 8.34. The molecule has 130 valence electrons. The molecule has 0 N–H and O–H groups in total. The third-order valence-electron chi connectivity index (χ3n) is 4.05.